The lowest BCUT2D eigenvalue weighted by molar-refractivity contribution is -0.142. The number of carbonyl (C=O) groups excluding carboxylic acids is 1. The maximum Gasteiger partial charge on any atom is 0.435 e. The maximum absolute atomic E-state index is 13.1. The van der Waals surface area contributed by atoms with Crippen LogP contribution in [0.2, 0.25) is 0 Å². The number of hydrogen-bond acceptors (Lipinski definition) is 3. The fourth-order valence-electron chi connectivity index (χ4n) is 2.98. The second-order valence-electron chi connectivity index (χ2n) is 5.81. The normalized spacial score (nSPS) is 14.3. The van der Waals surface area contributed by atoms with Gasteiger partial charge < -0.3 is 11.1 Å². The number of fused-ring (bicyclic) bond motifs is 1. The SMILES string of the molecule is Nc1cccc(NC(=O)Cn2nc(C(F)(F)F)c3c2CCCC3)c1. The van der Waals surface area contributed by atoms with Crippen molar-refractivity contribution in [2.24, 2.45) is 0 Å². The predicted octanol–water partition coefficient (Wildman–Crippen LogP) is 3.00. The average molecular weight is 338 g/mol. The number of alkyl halides is 3. The van der Waals surface area contributed by atoms with Gasteiger partial charge in [0.05, 0.1) is 0 Å². The molecular formula is C16H17F3N4O. The van der Waals surface area contributed by atoms with Crippen LogP contribution in [0.25, 0.3) is 0 Å². The third-order valence-corrected chi connectivity index (χ3v) is 3.99. The van der Waals surface area contributed by atoms with Crippen LogP contribution < -0.4 is 11.1 Å². The Morgan fingerprint density at radius 1 is 1.29 bits per heavy atom. The van der Waals surface area contributed by atoms with E-state index >= 15 is 0 Å². The van der Waals surface area contributed by atoms with Gasteiger partial charge in [-0.25, -0.2) is 0 Å². The number of amides is 1. The zero-order valence-corrected chi connectivity index (χ0v) is 12.9. The summed E-state index contributed by atoms with van der Waals surface area (Å²) in [5.41, 5.74) is 6.49. The lowest BCUT2D eigenvalue weighted by Gasteiger charge is -2.14. The molecule has 24 heavy (non-hydrogen) atoms. The molecule has 0 aliphatic heterocycles. The summed E-state index contributed by atoms with van der Waals surface area (Å²) in [7, 11) is 0. The highest BCUT2D eigenvalue weighted by Crippen LogP contribution is 2.35. The lowest BCUT2D eigenvalue weighted by atomic mass is 9.95. The van der Waals surface area contributed by atoms with Crippen LogP contribution in [0.5, 0.6) is 0 Å². The van der Waals surface area contributed by atoms with Gasteiger partial charge >= 0.3 is 6.18 Å². The molecule has 3 rings (SSSR count). The number of anilines is 2. The Morgan fingerprint density at radius 2 is 2.04 bits per heavy atom. The molecule has 0 unspecified atom stereocenters. The van der Waals surface area contributed by atoms with Gasteiger partial charge in [-0.2, -0.15) is 18.3 Å². The fourth-order valence-corrected chi connectivity index (χ4v) is 2.98. The van der Waals surface area contributed by atoms with Gasteiger partial charge in [0, 0.05) is 22.6 Å². The molecular weight excluding hydrogens is 321 g/mol. The number of nitrogens with two attached hydrogens (primary N) is 1. The van der Waals surface area contributed by atoms with Crippen LogP contribution in [-0.4, -0.2) is 15.7 Å². The zero-order chi connectivity index (χ0) is 17.3. The van der Waals surface area contributed by atoms with E-state index in [1.165, 1.54) is 4.68 Å². The van der Waals surface area contributed by atoms with Gasteiger partial charge in [0.15, 0.2) is 5.69 Å². The predicted molar refractivity (Wildman–Crippen MR) is 83.4 cm³/mol. The standard InChI is InChI=1S/C16H17F3N4O/c17-16(18,19)15-12-6-1-2-7-13(12)23(22-15)9-14(24)21-11-5-3-4-10(20)8-11/h3-5,8H,1-2,6-7,9,20H2,(H,21,24). The van der Waals surface area contributed by atoms with Crippen molar-refractivity contribution in [1.29, 1.82) is 0 Å². The van der Waals surface area contributed by atoms with E-state index in [1.54, 1.807) is 24.3 Å². The molecule has 0 fully saturated rings. The van der Waals surface area contributed by atoms with Crippen LogP contribution >= 0.6 is 0 Å². The van der Waals surface area contributed by atoms with Crippen molar-refractivity contribution >= 4 is 17.3 Å². The molecule has 2 aromatic rings. The van der Waals surface area contributed by atoms with Gasteiger partial charge in [-0.1, -0.05) is 6.07 Å². The minimum Gasteiger partial charge on any atom is -0.399 e. The smallest absolute Gasteiger partial charge is 0.399 e. The molecule has 3 N–H and O–H groups in total. The Hall–Kier alpha value is -2.51. The van der Waals surface area contributed by atoms with Gasteiger partial charge in [-0.3, -0.25) is 9.48 Å². The number of nitrogen functional groups attached to an aromatic ring is 1. The summed E-state index contributed by atoms with van der Waals surface area (Å²) < 4.78 is 40.6. The number of nitrogens with zero attached hydrogens (tertiary/aromatic N) is 2. The van der Waals surface area contributed by atoms with Crippen LogP contribution in [0.15, 0.2) is 24.3 Å². The molecule has 5 nitrogen and oxygen atoms in total. The first-order chi connectivity index (χ1) is 11.3. The monoisotopic (exact) mass is 338 g/mol. The molecule has 0 saturated heterocycles. The molecule has 0 radical (unpaired) electrons. The number of aromatic nitrogens is 2. The van der Waals surface area contributed by atoms with Gasteiger partial charge in [-0.15, -0.1) is 0 Å². The molecule has 1 aliphatic rings. The lowest BCUT2D eigenvalue weighted by Crippen LogP contribution is -2.21. The van der Waals surface area contributed by atoms with E-state index in [9.17, 15) is 18.0 Å². The third-order valence-electron chi connectivity index (χ3n) is 3.99. The second kappa shape index (κ2) is 6.18. The molecule has 0 atom stereocenters. The van der Waals surface area contributed by atoms with E-state index in [0.29, 0.717) is 36.3 Å². The van der Waals surface area contributed by atoms with Gasteiger partial charge in [0.25, 0.3) is 0 Å². The van der Waals surface area contributed by atoms with E-state index < -0.39 is 17.8 Å². The topological polar surface area (TPSA) is 72.9 Å². The van der Waals surface area contributed by atoms with E-state index in [2.05, 4.69) is 10.4 Å². The number of nitrogens with one attached hydrogen (secondary N) is 1. The highest BCUT2D eigenvalue weighted by atomic mass is 19.4. The molecule has 1 aromatic carbocycles. The summed E-state index contributed by atoms with van der Waals surface area (Å²) in [5, 5.41) is 6.29. The Bertz CT molecular complexity index is 767. The Labute approximate surface area is 136 Å². The maximum atomic E-state index is 13.1. The van der Waals surface area contributed by atoms with Crippen LogP contribution in [0.1, 0.15) is 29.8 Å². The van der Waals surface area contributed by atoms with E-state index in [4.69, 9.17) is 5.73 Å². The van der Waals surface area contributed by atoms with Crippen molar-refractivity contribution in [2.75, 3.05) is 11.1 Å². The largest absolute Gasteiger partial charge is 0.435 e. The molecule has 0 bridgehead atoms. The molecule has 0 saturated carbocycles. The Morgan fingerprint density at radius 3 is 2.75 bits per heavy atom. The van der Waals surface area contributed by atoms with Crippen LogP contribution in [-0.2, 0) is 30.4 Å². The van der Waals surface area contributed by atoms with Crippen molar-refractivity contribution in [3.05, 3.63) is 41.2 Å². The van der Waals surface area contributed by atoms with Gasteiger partial charge in [0.2, 0.25) is 5.91 Å². The van der Waals surface area contributed by atoms with Gasteiger partial charge in [0.1, 0.15) is 6.54 Å². The summed E-state index contributed by atoms with van der Waals surface area (Å²) in [6.07, 6.45) is -2.15. The molecule has 1 heterocycles. The molecule has 128 valence electrons. The Kier molecular flexibility index (Phi) is 4.21. The van der Waals surface area contributed by atoms with Crippen molar-refractivity contribution in [2.45, 2.75) is 38.4 Å². The number of halogens is 3. The molecule has 1 aliphatic carbocycles. The third kappa shape index (κ3) is 3.37. The summed E-state index contributed by atoms with van der Waals surface area (Å²) >= 11 is 0. The number of carbonyl (C=O) groups is 1. The number of hydrogen-bond donors (Lipinski definition) is 2. The fraction of sp³-hybridized carbons (Fsp3) is 0.375. The molecule has 1 aromatic heterocycles. The average Bonchev–Trinajstić information content (AvgIpc) is 2.86. The number of benzene rings is 1. The van der Waals surface area contributed by atoms with Crippen LogP contribution in [0.3, 0.4) is 0 Å². The van der Waals surface area contributed by atoms with E-state index in [0.717, 1.165) is 6.42 Å². The van der Waals surface area contributed by atoms with Crippen LogP contribution in [0.4, 0.5) is 24.5 Å². The summed E-state index contributed by atoms with van der Waals surface area (Å²) in [6.45, 7) is -0.257. The van der Waals surface area contributed by atoms with E-state index in [-0.39, 0.29) is 12.1 Å². The molecule has 0 spiro atoms. The number of rotatable bonds is 3. The minimum atomic E-state index is -4.50. The molecule has 1 amide bonds. The van der Waals surface area contributed by atoms with Gasteiger partial charge in [-0.05, 0) is 43.9 Å². The van der Waals surface area contributed by atoms with Crippen molar-refractivity contribution in [3.63, 3.8) is 0 Å². The summed E-state index contributed by atoms with van der Waals surface area (Å²) in [4.78, 5) is 12.1. The van der Waals surface area contributed by atoms with E-state index in [1.807, 2.05) is 0 Å². The quantitative estimate of drug-likeness (QED) is 0.845. The van der Waals surface area contributed by atoms with Crippen LogP contribution in [0, 0.1) is 0 Å². The zero-order valence-electron chi connectivity index (χ0n) is 12.9. The Balaban J connectivity index is 1.82. The first-order valence-corrected chi connectivity index (χ1v) is 7.66. The second-order valence-corrected chi connectivity index (χ2v) is 5.81. The summed E-state index contributed by atoms with van der Waals surface area (Å²) in [6, 6.07) is 6.60. The van der Waals surface area contributed by atoms with Crippen molar-refractivity contribution in [3.8, 4) is 0 Å². The first-order valence-electron chi connectivity index (χ1n) is 7.66. The first kappa shape index (κ1) is 16.4. The minimum absolute atomic E-state index is 0.227. The van der Waals surface area contributed by atoms with Crippen molar-refractivity contribution in [1.82, 2.24) is 9.78 Å². The summed E-state index contributed by atoms with van der Waals surface area (Å²) in [5.74, 6) is -0.440. The highest BCUT2D eigenvalue weighted by molar-refractivity contribution is 5.91. The molecule has 8 heteroatoms. The highest BCUT2D eigenvalue weighted by Gasteiger charge is 2.39. The van der Waals surface area contributed by atoms with Crippen molar-refractivity contribution < 1.29 is 18.0 Å².